The Morgan fingerprint density at radius 3 is 1.37 bits per heavy atom. The summed E-state index contributed by atoms with van der Waals surface area (Å²) < 4.78 is 0. The summed E-state index contributed by atoms with van der Waals surface area (Å²) >= 11 is 0. The normalized spacial score (nSPS) is 15.7. The van der Waals surface area contributed by atoms with Crippen LogP contribution in [0.5, 0.6) is 0 Å². The van der Waals surface area contributed by atoms with Crippen molar-refractivity contribution in [2.75, 3.05) is 0 Å². The van der Waals surface area contributed by atoms with E-state index in [1.54, 1.807) is 0 Å². The molecule has 27 heavy (non-hydrogen) atoms. The molecule has 2 aliphatic rings. The molecule has 0 radical (unpaired) electrons. The fraction of sp³-hybridized carbons (Fsp3) is 0.423. The largest absolute Gasteiger partial charge is 4.00 e. The Morgan fingerprint density at radius 2 is 1.00 bits per heavy atom. The van der Waals surface area contributed by atoms with Gasteiger partial charge in [0, 0.05) is 0 Å². The predicted molar refractivity (Wildman–Crippen MR) is 115 cm³/mol. The van der Waals surface area contributed by atoms with Crippen LogP contribution in [-0.2, 0) is 21.7 Å². The van der Waals surface area contributed by atoms with Crippen molar-refractivity contribution in [1.82, 2.24) is 0 Å². The molecule has 0 aromatic heterocycles. The molecule has 0 heterocycles. The van der Waals surface area contributed by atoms with Crippen LogP contribution in [0.1, 0.15) is 81.8 Å². The van der Waals surface area contributed by atoms with Crippen molar-refractivity contribution in [3.8, 4) is 0 Å². The van der Waals surface area contributed by atoms with Gasteiger partial charge < -0.3 is 6.92 Å². The molecule has 0 aliphatic heterocycles. The van der Waals surface area contributed by atoms with Gasteiger partial charge in [-0.1, -0.05) is 106 Å². The number of rotatable bonds is 3. The second-order valence-corrected chi connectivity index (χ2v) is 7.12. The van der Waals surface area contributed by atoms with Crippen LogP contribution >= 0.6 is 0 Å². The molecule has 0 N–H and O–H groups in total. The zero-order chi connectivity index (χ0) is 18.3. The topological polar surface area (TPSA) is 0 Å². The zero-order valence-electron chi connectivity index (χ0n) is 16.8. The summed E-state index contributed by atoms with van der Waals surface area (Å²) in [6, 6.07) is 20.5. The Balaban J connectivity index is 0.000000270. The third-order valence-electron chi connectivity index (χ3n) is 4.94. The smallest absolute Gasteiger partial charge is 0.341 e. The Labute approximate surface area is 182 Å². The van der Waals surface area contributed by atoms with Crippen LogP contribution < -0.4 is 0 Å². The van der Waals surface area contributed by atoms with E-state index in [4.69, 9.17) is 0 Å². The van der Waals surface area contributed by atoms with Gasteiger partial charge in [-0.15, -0.1) is 35.9 Å². The van der Waals surface area contributed by atoms with E-state index in [0.29, 0.717) is 0 Å². The molecule has 2 saturated carbocycles. The minimum absolute atomic E-state index is 0. The van der Waals surface area contributed by atoms with Gasteiger partial charge in [-0.05, 0) is 0 Å². The third kappa shape index (κ3) is 10.7. The van der Waals surface area contributed by atoms with Crippen molar-refractivity contribution in [3.05, 3.63) is 84.8 Å². The van der Waals surface area contributed by atoms with Gasteiger partial charge in [0.15, 0.2) is 0 Å². The van der Waals surface area contributed by atoms with E-state index in [9.17, 15) is 0 Å². The SMILES string of the molecule is C1CCCC1.C1CCCC1.[CH2-]CC(=[C-]c1ccccc1)c1ccccc1.[Ti+4]. The van der Waals surface area contributed by atoms with Gasteiger partial charge in [0.05, 0.1) is 0 Å². The molecule has 2 aromatic carbocycles. The van der Waals surface area contributed by atoms with Crippen LogP contribution in [0.25, 0.3) is 5.57 Å². The fourth-order valence-corrected chi connectivity index (χ4v) is 3.38. The second kappa shape index (κ2) is 15.9. The average Bonchev–Trinajstić information content (AvgIpc) is 3.46. The first kappa shape index (κ1) is 23.9. The van der Waals surface area contributed by atoms with E-state index in [2.05, 4.69) is 37.3 Å². The Morgan fingerprint density at radius 1 is 0.630 bits per heavy atom. The van der Waals surface area contributed by atoms with Crippen LogP contribution in [-0.4, -0.2) is 0 Å². The van der Waals surface area contributed by atoms with Gasteiger partial charge in [0.25, 0.3) is 0 Å². The number of allylic oxidation sites excluding steroid dienone is 1. The van der Waals surface area contributed by atoms with Crippen LogP contribution in [0, 0.1) is 13.0 Å². The zero-order valence-corrected chi connectivity index (χ0v) is 18.3. The standard InChI is InChI=1S/C16H14.2C5H10.Ti/c1-2-15(16-11-7-4-8-12-16)13-14-9-5-3-6-10-14;2*1-2-4-5-3-1;/h3-12H,1-2H2;2*1-5H2;/q-2;;;+4. The quantitative estimate of drug-likeness (QED) is 0.281. The van der Waals surface area contributed by atoms with Gasteiger partial charge >= 0.3 is 21.7 Å². The van der Waals surface area contributed by atoms with Crippen LogP contribution in [0.2, 0.25) is 0 Å². The molecule has 4 rings (SSSR count). The second-order valence-electron chi connectivity index (χ2n) is 7.12. The number of benzene rings is 2. The summed E-state index contributed by atoms with van der Waals surface area (Å²) in [6.07, 6.45) is 19.1. The first-order valence-electron chi connectivity index (χ1n) is 10.4. The maximum Gasteiger partial charge on any atom is 4.00 e. The molecule has 1 heteroatoms. The van der Waals surface area contributed by atoms with E-state index in [1.165, 1.54) is 69.8 Å². The molecule has 0 spiro atoms. The van der Waals surface area contributed by atoms with Gasteiger partial charge in [-0.3, -0.25) is 0 Å². The molecule has 0 atom stereocenters. The van der Waals surface area contributed by atoms with Crippen molar-refractivity contribution in [1.29, 1.82) is 0 Å². The predicted octanol–water partition coefficient (Wildman–Crippen LogP) is 8.04. The molecule has 0 unspecified atom stereocenters. The van der Waals surface area contributed by atoms with Crippen molar-refractivity contribution in [2.45, 2.75) is 70.6 Å². The van der Waals surface area contributed by atoms with E-state index < -0.39 is 0 Å². The minimum atomic E-state index is 0. The average molecular weight is 394 g/mol. The summed E-state index contributed by atoms with van der Waals surface area (Å²) in [6.45, 7) is 3.96. The maximum atomic E-state index is 3.96. The molecule has 0 bridgehead atoms. The molecular formula is C26H34Ti+2. The Hall–Kier alpha value is -1.11. The van der Waals surface area contributed by atoms with Gasteiger partial charge in [-0.25, -0.2) is 0 Å². The molecule has 0 nitrogen and oxygen atoms in total. The number of hydrogen-bond acceptors (Lipinski definition) is 0. The van der Waals surface area contributed by atoms with Gasteiger partial charge in [0.1, 0.15) is 0 Å². The summed E-state index contributed by atoms with van der Waals surface area (Å²) in [5.41, 5.74) is 3.44. The van der Waals surface area contributed by atoms with Crippen molar-refractivity contribution < 1.29 is 21.7 Å². The summed E-state index contributed by atoms with van der Waals surface area (Å²) in [4.78, 5) is 0. The summed E-state index contributed by atoms with van der Waals surface area (Å²) in [5, 5.41) is 0. The minimum Gasteiger partial charge on any atom is -0.341 e. The van der Waals surface area contributed by atoms with E-state index in [1.807, 2.05) is 36.4 Å². The van der Waals surface area contributed by atoms with E-state index in [0.717, 1.165) is 17.6 Å². The van der Waals surface area contributed by atoms with Crippen LogP contribution in [0.15, 0.2) is 60.7 Å². The fourth-order valence-electron chi connectivity index (χ4n) is 3.38. The molecule has 140 valence electrons. The van der Waals surface area contributed by atoms with Gasteiger partial charge in [0.2, 0.25) is 0 Å². The van der Waals surface area contributed by atoms with Crippen LogP contribution in [0.3, 0.4) is 0 Å². The molecule has 0 amide bonds. The molecule has 2 aliphatic carbocycles. The Bertz CT molecular complexity index is 567. The number of hydrogen-bond donors (Lipinski definition) is 0. The first-order valence-corrected chi connectivity index (χ1v) is 10.4. The molecule has 2 aromatic rings. The first-order chi connectivity index (χ1) is 12.9. The van der Waals surface area contributed by atoms with Crippen molar-refractivity contribution in [2.24, 2.45) is 0 Å². The molecular weight excluding hydrogens is 360 g/mol. The van der Waals surface area contributed by atoms with Gasteiger partial charge in [-0.2, -0.15) is 12.0 Å². The third-order valence-corrected chi connectivity index (χ3v) is 4.94. The van der Waals surface area contributed by atoms with E-state index in [-0.39, 0.29) is 21.7 Å². The monoisotopic (exact) mass is 394 g/mol. The molecule has 2 fully saturated rings. The van der Waals surface area contributed by atoms with Crippen molar-refractivity contribution in [3.63, 3.8) is 0 Å². The van der Waals surface area contributed by atoms with E-state index >= 15 is 0 Å². The summed E-state index contributed by atoms with van der Waals surface area (Å²) in [5.74, 6) is 0. The maximum absolute atomic E-state index is 3.96. The molecule has 0 saturated heterocycles. The van der Waals surface area contributed by atoms with Crippen LogP contribution in [0.4, 0.5) is 0 Å². The van der Waals surface area contributed by atoms with Crippen molar-refractivity contribution >= 4 is 5.57 Å². The Kier molecular flexibility index (Phi) is 14.1. The summed E-state index contributed by atoms with van der Waals surface area (Å²) in [7, 11) is 0.